The summed E-state index contributed by atoms with van der Waals surface area (Å²) >= 11 is 0. The second kappa shape index (κ2) is 5.23. The highest BCUT2D eigenvalue weighted by Gasteiger charge is 2.32. The Kier molecular flexibility index (Phi) is 3.86. The predicted molar refractivity (Wildman–Crippen MR) is 73.1 cm³/mol. The van der Waals surface area contributed by atoms with Gasteiger partial charge in [0.05, 0.1) is 0 Å². The number of hydrogen-bond donors (Lipinski definition) is 0. The van der Waals surface area contributed by atoms with Crippen molar-refractivity contribution in [2.24, 2.45) is 0 Å². The Morgan fingerprint density at radius 2 is 2.17 bits per heavy atom. The number of Topliss-reactive ketones (excluding diaryl/α,β-unsaturated/α-hetero) is 1. The van der Waals surface area contributed by atoms with Crippen LogP contribution in [0.5, 0.6) is 0 Å². The van der Waals surface area contributed by atoms with E-state index < -0.39 is 5.60 Å². The van der Waals surface area contributed by atoms with Gasteiger partial charge >= 0.3 is 0 Å². The van der Waals surface area contributed by atoms with Crippen molar-refractivity contribution in [1.82, 2.24) is 0 Å². The molecule has 1 atom stereocenters. The van der Waals surface area contributed by atoms with Crippen molar-refractivity contribution >= 4 is 5.78 Å². The zero-order valence-electron chi connectivity index (χ0n) is 11.5. The first kappa shape index (κ1) is 13.3. The lowest BCUT2D eigenvalue weighted by Gasteiger charge is -2.28. The molecule has 1 aliphatic rings. The normalized spacial score (nSPS) is 19.1. The molecule has 1 unspecified atom stereocenters. The summed E-state index contributed by atoms with van der Waals surface area (Å²) in [5, 5.41) is 0. The number of hydrogen-bond acceptors (Lipinski definition) is 2. The van der Waals surface area contributed by atoms with Crippen LogP contribution in [-0.2, 0) is 4.74 Å². The Morgan fingerprint density at radius 1 is 1.44 bits per heavy atom. The minimum Gasteiger partial charge on any atom is -0.370 e. The number of rotatable bonds is 5. The Hall–Kier alpha value is -1.15. The Labute approximate surface area is 109 Å². The molecular weight excluding hydrogens is 224 g/mol. The van der Waals surface area contributed by atoms with Crippen LogP contribution in [0, 0.1) is 0 Å². The first-order valence-corrected chi connectivity index (χ1v) is 6.80. The molecule has 18 heavy (non-hydrogen) atoms. The summed E-state index contributed by atoms with van der Waals surface area (Å²) in [6.45, 7) is 3.85. The first-order chi connectivity index (χ1) is 8.60. The van der Waals surface area contributed by atoms with E-state index in [9.17, 15) is 4.79 Å². The van der Waals surface area contributed by atoms with Crippen LogP contribution in [0.3, 0.4) is 0 Å². The molecule has 1 aromatic rings. The average Bonchev–Trinajstić information content (AvgIpc) is 2.35. The lowest BCUT2D eigenvalue weighted by molar-refractivity contribution is 0.0106. The Bertz CT molecular complexity index is 428. The number of carbonyl (C=O) groups excluding carboxylic acids is 1. The summed E-state index contributed by atoms with van der Waals surface area (Å²) in [5.74, 6) is 0.752. The molecule has 1 fully saturated rings. The van der Waals surface area contributed by atoms with Gasteiger partial charge in [0.1, 0.15) is 5.60 Å². The molecule has 2 rings (SSSR count). The zero-order valence-corrected chi connectivity index (χ0v) is 11.5. The number of methoxy groups -OCH3 is 1. The van der Waals surface area contributed by atoms with Crippen LogP contribution in [0.4, 0.5) is 0 Å². The van der Waals surface area contributed by atoms with Gasteiger partial charge in [-0.25, -0.2) is 0 Å². The summed E-state index contributed by atoms with van der Waals surface area (Å²) in [4.78, 5) is 12.5. The van der Waals surface area contributed by atoms with E-state index in [4.69, 9.17) is 4.74 Å². The topological polar surface area (TPSA) is 26.3 Å². The quantitative estimate of drug-likeness (QED) is 0.735. The van der Waals surface area contributed by atoms with Crippen molar-refractivity contribution in [3.63, 3.8) is 0 Å². The number of benzene rings is 1. The molecule has 0 N–H and O–H groups in total. The molecule has 1 aromatic carbocycles. The van der Waals surface area contributed by atoms with Crippen molar-refractivity contribution in [1.29, 1.82) is 0 Å². The van der Waals surface area contributed by atoms with Crippen LogP contribution in [0.2, 0.25) is 0 Å². The second-order valence-electron chi connectivity index (χ2n) is 5.37. The van der Waals surface area contributed by atoms with Crippen LogP contribution in [-0.4, -0.2) is 18.5 Å². The van der Waals surface area contributed by atoms with Crippen LogP contribution >= 0.6 is 0 Å². The van der Waals surface area contributed by atoms with Gasteiger partial charge in [-0.05, 0) is 43.7 Å². The molecule has 2 nitrogen and oxygen atoms in total. The fraction of sp³-hybridized carbons (Fsp3) is 0.562. The van der Waals surface area contributed by atoms with Gasteiger partial charge in [-0.3, -0.25) is 4.79 Å². The van der Waals surface area contributed by atoms with Gasteiger partial charge in [0.15, 0.2) is 5.78 Å². The van der Waals surface area contributed by atoms with E-state index in [2.05, 4.69) is 12.1 Å². The summed E-state index contributed by atoms with van der Waals surface area (Å²) in [5.41, 5.74) is 1.39. The van der Waals surface area contributed by atoms with Gasteiger partial charge in [0.25, 0.3) is 0 Å². The summed E-state index contributed by atoms with van der Waals surface area (Å²) in [6, 6.07) is 8.08. The third-order valence-electron chi connectivity index (χ3n) is 4.33. The number of ether oxygens (including phenoxy) is 1. The zero-order chi connectivity index (χ0) is 13.2. The van der Waals surface area contributed by atoms with E-state index >= 15 is 0 Å². The van der Waals surface area contributed by atoms with Gasteiger partial charge in [0.2, 0.25) is 0 Å². The lowest BCUT2D eigenvalue weighted by atomic mass is 9.79. The highest BCUT2D eigenvalue weighted by molar-refractivity contribution is 6.02. The van der Waals surface area contributed by atoms with E-state index in [-0.39, 0.29) is 5.78 Å². The fourth-order valence-corrected chi connectivity index (χ4v) is 2.38. The largest absolute Gasteiger partial charge is 0.370 e. The highest BCUT2D eigenvalue weighted by atomic mass is 16.5. The maximum atomic E-state index is 12.5. The van der Waals surface area contributed by atoms with Gasteiger partial charge in [-0.1, -0.05) is 31.5 Å². The lowest BCUT2D eigenvalue weighted by Crippen LogP contribution is -2.36. The average molecular weight is 246 g/mol. The molecule has 0 aromatic heterocycles. The molecular formula is C16H22O2. The van der Waals surface area contributed by atoms with E-state index in [1.54, 1.807) is 7.11 Å². The van der Waals surface area contributed by atoms with Crippen molar-refractivity contribution in [2.75, 3.05) is 7.11 Å². The van der Waals surface area contributed by atoms with Crippen LogP contribution in [0.25, 0.3) is 0 Å². The van der Waals surface area contributed by atoms with Crippen LogP contribution in [0.15, 0.2) is 24.3 Å². The second-order valence-corrected chi connectivity index (χ2v) is 5.37. The van der Waals surface area contributed by atoms with Crippen LogP contribution < -0.4 is 0 Å². The minimum absolute atomic E-state index is 0.0914. The summed E-state index contributed by atoms with van der Waals surface area (Å²) in [6.07, 6.45) is 4.52. The fourth-order valence-electron chi connectivity index (χ4n) is 2.38. The van der Waals surface area contributed by atoms with Gasteiger partial charge in [-0.2, -0.15) is 0 Å². The molecule has 1 saturated carbocycles. The van der Waals surface area contributed by atoms with Gasteiger partial charge < -0.3 is 4.74 Å². The molecule has 1 aliphatic carbocycles. The van der Waals surface area contributed by atoms with Gasteiger partial charge in [-0.15, -0.1) is 0 Å². The van der Waals surface area contributed by atoms with Crippen molar-refractivity contribution < 1.29 is 9.53 Å². The van der Waals surface area contributed by atoms with E-state index in [0.29, 0.717) is 12.3 Å². The molecule has 98 valence electrons. The van der Waals surface area contributed by atoms with Crippen molar-refractivity contribution in [3.05, 3.63) is 35.4 Å². The number of ketones is 1. The standard InChI is InChI=1S/C16H22O2/c1-4-16(2,18-3)15(17)14-10-6-9-13(11-14)12-7-5-8-12/h6,9-12H,4-5,7-8H2,1-3H3. The van der Waals surface area contributed by atoms with E-state index in [1.807, 2.05) is 26.0 Å². The Balaban J connectivity index is 2.24. The van der Waals surface area contributed by atoms with E-state index in [0.717, 1.165) is 5.56 Å². The highest BCUT2D eigenvalue weighted by Crippen LogP contribution is 2.36. The smallest absolute Gasteiger partial charge is 0.194 e. The molecule has 0 bridgehead atoms. The Morgan fingerprint density at radius 3 is 2.67 bits per heavy atom. The van der Waals surface area contributed by atoms with Crippen LogP contribution in [0.1, 0.15) is 61.4 Å². The third kappa shape index (κ3) is 2.35. The van der Waals surface area contributed by atoms with Crippen molar-refractivity contribution in [3.8, 4) is 0 Å². The minimum atomic E-state index is -0.696. The first-order valence-electron chi connectivity index (χ1n) is 6.80. The molecule has 0 aliphatic heterocycles. The maximum Gasteiger partial charge on any atom is 0.194 e. The van der Waals surface area contributed by atoms with Gasteiger partial charge in [0, 0.05) is 12.7 Å². The maximum absolute atomic E-state index is 12.5. The summed E-state index contributed by atoms with van der Waals surface area (Å²) < 4.78 is 5.39. The molecule has 0 radical (unpaired) electrons. The molecule has 0 saturated heterocycles. The molecule has 0 spiro atoms. The number of carbonyl (C=O) groups is 1. The molecule has 0 amide bonds. The predicted octanol–water partition coefficient (Wildman–Crippen LogP) is 3.95. The SMILES string of the molecule is CCC(C)(OC)C(=O)c1cccc(C2CCC2)c1. The monoisotopic (exact) mass is 246 g/mol. The van der Waals surface area contributed by atoms with E-state index in [1.165, 1.54) is 24.8 Å². The van der Waals surface area contributed by atoms with Crippen molar-refractivity contribution in [2.45, 2.75) is 51.0 Å². The summed E-state index contributed by atoms with van der Waals surface area (Å²) in [7, 11) is 1.61. The molecule has 2 heteroatoms. The third-order valence-corrected chi connectivity index (χ3v) is 4.33. The molecule has 0 heterocycles.